The van der Waals surface area contributed by atoms with Gasteiger partial charge in [-0.05, 0) is 70.7 Å². The normalized spacial score (nSPS) is 22.3. The average Bonchev–Trinajstić information content (AvgIpc) is 3.08. The Morgan fingerprint density at radius 3 is 2.06 bits per heavy atom. The molecule has 1 aliphatic carbocycles. The third-order valence-electron chi connectivity index (χ3n) is 5.62. The third-order valence-corrected chi connectivity index (χ3v) is 5.62. The molecule has 0 bridgehead atoms. The van der Waals surface area contributed by atoms with Gasteiger partial charge in [-0.3, -0.25) is 4.79 Å². The molecule has 6 nitrogen and oxygen atoms in total. The van der Waals surface area contributed by atoms with Crippen molar-refractivity contribution in [2.45, 2.75) is 83.6 Å². The van der Waals surface area contributed by atoms with Crippen molar-refractivity contribution in [3.8, 4) is 0 Å². The van der Waals surface area contributed by atoms with Gasteiger partial charge < -0.3 is 20.5 Å². The monoisotopic (exact) mass is 498 g/mol. The van der Waals surface area contributed by atoms with Gasteiger partial charge in [-0.25, -0.2) is 4.79 Å². The molecule has 0 heterocycles. The van der Waals surface area contributed by atoms with E-state index in [1.165, 1.54) is 6.92 Å². The number of hydrogen-bond donors (Lipinski definition) is 3. The van der Waals surface area contributed by atoms with Crippen LogP contribution in [0.15, 0.2) is 18.2 Å². The largest absolute Gasteiger partial charge is 0.444 e. The summed E-state index contributed by atoms with van der Waals surface area (Å²) >= 11 is 0. The van der Waals surface area contributed by atoms with E-state index in [0.717, 1.165) is 0 Å². The fourth-order valence-corrected chi connectivity index (χ4v) is 3.93. The summed E-state index contributed by atoms with van der Waals surface area (Å²) in [5.41, 5.74) is -5.49. The highest BCUT2D eigenvalue weighted by Gasteiger charge is 2.49. The second-order valence-corrected chi connectivity index (χ2v) is 9.51. The molecular weight excluding hydrogens is 470 g/mol. The number of carbonyl (C=O) groups is 2. The van der Waals surface area contributed by atoms with Crippen molar-refractivity contribution in [3.63, 3.8) is 0 Å². The molecule has 0 spiro atoms. The lowest BCUT2D eigenvalue weighted by Crippen LogP contribution is -2.47. The molecule has 1 aromatic rings. The first-order chi connectivity index (χ1) is 15.3. The number of amides is 2. The lowest BCUT2D eigenvalue weighted by Gasteiger charge is -2.31. The summed E-state index contributed by atoms with van der Waals surface area (Å²) < 4.78 is 83.6. The third kappa shape index (κ3) is 7.00. The van der Waals surface area contributed by atoms with Crippen LogP contribution >= 0.6 is 0 Å². The van der Waals surface area contributed by atoms with Gasteiger partial charge in [0.1, 0.15) is 5.60 Å². The molecule has 34 heavy (non-hydrogen) atoms. The molecule has 0 saturated heterocycles. The number of nitrogens with one attached hydrogen (secondary N) is 2. The maximum Gasteiger partial charge on any atom is 0.416 e. The van der Waals surface area contributed by atoms with E-state index in [9.17, 15) is 41.0 Å². The van der Waals surface area contributed by atoms with Crippen LogP contribution in [0.4, 0.5) is 31.1 Å². The van der Waals surface area contributed by atoms with E-state index >= 15 is 0 Å². The second kappa shape index (κ2) is 9.63. The van der Waals surface area contributed by atoms with Crippen molar-refractivity contribution in [2.24, 2.45) is 5.41 Å². The smallest absolute Gasteiger partial charge is 0.416 e. The summed E-state index contributed by atoms with van der Waals surface area (Å²) in [4.78, 5) is 25.0. The Hall–Kier alpha value is -2.50. The highest BCUT2D eigenvalue weighted by atomic mass is 19.4. The Kier molecular flexibility index (Phi) is 7.86. The van der Waals surface area contributed by atoms with Gasteiger partial charge >= 0.3 is 18.4 Å². The summed E-state index contributed by atoms with van der Waals surface area (Å²) in [5, 5.41) is 15.3. The molecule has 0 aliphatic heterocycles. The predicted molar refractivity (Wildman–Crippen MR) is 109 cm³/mol. The van der Waals surface area contributed by atoms with Gasteiger partial charge in [0, 0.05) is 12.6 Å². The molecule has 1 fully saturated rings. The quantitative estimate of drug-likeness (QED) is 0.510. The van der Waals surface area contributed by atoms with Crippen LogP contribution in [0.2, 0.25) is 0 Å². The number of aliphatic hydroxyl groups excluding tert-OH is 1. The van der Waals surface area contributed by atoms with Gasteiger partial charge in [0.15, 0.2) is 0 Å². The number of rotatable bonds is 5. The molecule has 192 valence electrons. The van der Waals surface area contributed by atoms with E-state index in [0.29, 0.717) is 18.6 Å². The molecule has 0 radical (unpaired) electrons. The van der Waals surface area contributed by atoms with Crippen LogP contribution in [0, 0.1) is 5.41 Å². The van der Waals surface area contributed by atoms with Crippen LogP contribution in [0.1, 0.15) is 63.6 Å². The van der Waals surface area contributed by atoms with Crippen LogP contribution in [0.25, 0.3) is 0 Å². The number of halogens is 6. The number of aliphatic hydroxyl groups is 1. The zero-order chi connectivity index (χ0) is 26.1. The summed E-state index contributed by atoms with van der Waals surface area (Å²) in [7, 11) is 0. The first-order valence-electron chi connectivity index (χ1n) is 10.6. The van der Waals surface area contributed by atoms with E-state index in [1.54, 1.807) is 20.8 Å². The van der Waals surface area contributed by atoms with Gasteiger partial charge in [-0.15, -0.1) is 0 Å². The summed E-state index contributed by atoms with van der Waals surface area (Å²) in [5.74, 6) is -0.734. The van der Waals surface area contributed by atoms with Crippen molar-refractivity contribution in [1.29, 1.82) is 0 Å². The zero-order valence-corrected chi connectivity index (χ0v) is 19.2. The highest BCUT2D eigenvalue weighted by Crippen LogP contribution is 2.42. The first kappa shape index (κ1) is 27.7. The Morgan fingerprint density at radius 1 is 1.09 bits per heavy atom. The topological polar surface area (TPSA) is 87.7 Å². The standard InChI is InChI=1S/C22H28F6N2O4/c1-12(31)20(6-5-16(10-20)30-18(33)34-19(2,3)4)17(32)29-11-13-7-14(21(23,24)25)9-15(8-13)22(26,27)28/h7-9,12,16,31H,5-6,10-11H2,1-4H3,(H,29,32)(H,30,33)/t12?,16-,20+/m1/s1. The minimum Gasteiger partial charge on any atom is -0.444 e. The van der Waals surface area contributed by atoms with E-state index in [2.05, 4.69) is 10.6 Å². The van der Waals surface area contributed by atoms with E-state index in [4.69, 9.17) is 4.74 Å². The van der Waals surface area contributed by atoms with Gasteiger partial charge in [0.2, 0.25) is 5.91 Å². The van der Waals surface area contributed by atoms with Gasteiger partial charge in [0.25, 0.3) is 0 Å². The van der Waals surface area contributed by atoms with Crippen LogP contribution < -0.4 is 10.6 Å². The molecule has 3 atom stereocenters. The second-order valence-electron chi connectivity index (χ2n) is 9.51. The number of ether oxygens (including phenoxy) is 1. The van der Waals surface area contributed by atoms with Crippen molar-refractivity contribution >= 4 is 12.0 Å². The molecule has 1 aliphatic rings. The highest BCUT2D eigenvalue weighted by molar-refractivity contribution is 5.84. The Bertz CT molecular complexity index is 876. The number of alkyl halides is 6. The van der Waals surface area contributed by atoms with Crippen molar-refractivity contribution < 1.29 is 45.8 Å². The Labute approximate surface area is 193 Å². The van der Waals surface area contributed by atoms with E-state index < -0.39 is 70.7 Å². The minimum atomic E-state index is -5.01. The van der Waals surface area contributed by atoms with Gasteiger partial charge in [-0.1, -0.05) is 0 Å². The fraction of sp³-hybridized carbons (Fsp3) is 0.636. The average molecular weight is 498 g/mol. The number of alkyl carbamates (subject to hydrolysis) is 1. The molecule has 2 rings (SSSR count). The van der Waals surface area contributed by atoms with E-state index in [1.807, 2.05) is 0 Å². The Morgan fingerprint density at radius 2 is 1.62 bits per heavy atom. The van der Waals surface area contributed by atoms with Crippen LogP contribution in [0.3, 0.4) is 0 Å². The van der Waals surface area contributed by atoms with Crippen LogP contribution in [-0.2, 0) is 28.4 Å². The van der Waals surface area contributed by atoms with Crippen molar-refractivity contribution in [3.05, 3.63) is 34.9 Å². The Balaban J connectivity index is 2.16. The number of benzene rings is 1. The molecule has 0 aromatic heterocycles. The van der Waals surface area contributed by atoms with Crippen LogP contribution in [0.5, 0.6) is 0 Å². The van der Waals surface area contributed by atoms with Gasteiger partial charge in [0.05, 0.1) is 22.6 Å². The zero-order valence-electron chi connectivity index (χ0n) is 19.2. The molecular formula is C22H28F6N2O4. The maximum absolute atomic E-state index is 13.1. The lowest BCUT2D eigenvalue weighted by molar-refractivity contribution is -0.143. The van der Waals surface area contributed by atoms with Crippen LogP contribution in [-0.4, -0.2) is 34.9 Å². The van der Waals surface area contributed by atoms with Crippen molar-refractivity contribution in [2.75, 3.05) is 0 Å². The SMILES string of the molecule is CC(O)[C@]1(C(=O)NCc2cc(C(F)(F)F)cc(C(F)(F)F)c2)CC[C@@H](NC(=O)OC(C)(C)C)C1. The molecule has 3 N–H and O–H groups in total. The molecule has 12 heteroatoms. The lowest BCUT2D eigenvalue weighted by atomic mass is 9.79. The predicted octanol–water partition coefficient (Wildman–Crippen LogP) is 4.78. The molecule has 1 aromatic carbocycles. The van der Waals surface area contributed by atoms with E-state index in [-0.39, 0.29) is 18.9 Å². The molecule has 1 unspecified atom stereocenters. The number of hydrogen-bond acceptors (Lipinski definition) is 4. The van der Waals surface area contributed by atoms with Gasteiger partial charge in [-0.2, -0.15) is 26.3 Å². The van der Waals surface area contributed by atoms with Crippen molar-refractivity contribution in [1.82, 2.24) is 10.6 Å². The maximum atomic E-state index is 13.1. The summed E-state index contributed by atoms with van der Waals surface area (Å²) in [6, 6.07) is 0.561. The fourth-order valence-electron chi connectivity index (χ4n) is 3.93. The minimum absolute atomic E-state index is 0.00646. The summed E-state index contributed by atoms with van der Waals surface area (Å²) in [6.45, 7) is 5.78. The number of carbonyl (C=O) groups excluding carboxylic acids is 2. The first-order valence-corrected chi connectivity index (χ1v) is 10.6. The molecule has 1 saturated carbocycles. The summed E-state index contributed by atoms with van der Waals surface area (Å²) in [6.07, 6.45) is -11.4. The molecule has 2 amide bonds.